The number of hydrogen-bond donors (Lipinski definition) is 1. The predicted molar refractivity (Wildman–Crippen MR) is 91.5 cm³/mol. The number of nitrogens with one attached hydrogen (secondary N) is 1. The molecule has 0 atom stereocenters. The van der Waals surface area contributed by atoms with Crippen molar-refractivity contribution in [2.45, 2.75) is 13.5 Å². The van der Waals surface area contributed by atoms with Crippen LogP contribution in [0.2, 0.25) is 0 Å². The lowest BCUT2D eigenvalue weighted by Crippen LogP contribution is -2.02. The molecule has 0 saturated heterocycles. The number of rotatable bonds is 4. The molecule has 114 valence electrons. The van der Waals surface area contributed by atoms with E-state index in [2.05, 4.69) is 16.4 Å². The van der Waals surface area contributed by atoms with Crippen molar-refractivity contribution in [3.63, 3.8) is 0 Å². The molecule has 0 amide bonds. The maximum atomic E-state index is 8.85. The summed E-state index contributed by atoms with van der Waals surface area (Å²) in [5.74, 6) is 0.771. The molecular formula is C19H17N3O. The summed E-state index contributed by atoms with van der Waals surface area (Å²) < 4.78 is 5.40. The fourth-order valence-corrected chi connectivity index (χ4v) is 2.56. The molecular weight excluding hydrogens is 286 g/mol. The Labute approximate surface area is 135 Å². The average molecular weight is 303 g/mol. The summed E-state index contributed by atoms with van der Waals surface area (Å²) in [6, 6.07) is 17.7. The zero-order valence-electron chi connectivity index (χ0n) is 13.1. The molecule has 0 radical (unpaired) electrons. The van der Waals surface area contributed by atoms with E-state index in [1.807, 2.05) is 55.5 Å². The summed E-state index contributed by atoms with van der Waals surface area (Å²) in [6.45, 7) is 2.65. The second-order valence-corrected chi connectivity index (χ2v) is 5.33. The van der Waals surface area contributed by atoms with Gasteiger partial charge < -0.3 is 10.1 Å². The summed E-state index contributed by atoms with van der Waals surface area (Å²) in [7, 11) is 1.66. The minimum atomic E-state index is 0.670. The van der Waals surface area contributed by atoms with E-state index < -0.39 is 0 Å². The van der Waals surface area contributed by atoms with Crippen LogP contribution in [-0.4, -0.2) is 12.1 Å². The van der Waals surface area contributed by atoms with Crippen molar-refractivity contribution in [1.29, 1.82) is 5.26 Å². The van der Waals surface area contributed by atoms with Crippen molar-refractivity contribution in [1.82, 2.24) is 4.98 Å². The van der Waals surface area contributed by atoms with Crippen LogP contribution in [0.25, 0.3) is 10.9 Å². The second kappa shape index (κ2) is 6.37. The maximum absolute atomic E-state index is 8.85. The van der Waals surface area contributed by atoms with Gasteiger partial charge in [0.15, 0.2) is 0 Å². The summed E-state index contributed by atoms with van der Waals surface area (Å²) in [4.78, 5) is 4.58. The van der Waals surface area contributed by atoms with Crippen molar-refractivity contribution >= 4 is 16.6 Å². The average Bonchev–Trinajstić information content (AvgIpc) is 2.59. The highest BCUT2D eigenvalue weighted by atomic mass is 16.5. The molecule has 0 aliphatic carbocycles. The highest BCUT2D eigenvalue weighted by Gasteiger charge is 2.08. The molecule has 0 spiro atoms. The third-order valence-electron chi connectivity index (χ3n) is 3.72. The number of aryl methyl sites for hydroxylation is 1. The first-order valence-electron chi connectivity index (χ1n) is 7.38. The van der Waals surface area contributed by atoms with Gasteiger partial charge in [-0.1, -0.05) is 24.3 Å². The third kappa shape index (κ3) is 3.09. The number of fused-ring (bicyclic) bond motifs is 1. The molecule has 0 bridgehead atoms. The highest BCUT2D eigenvalue weighted by molar-refractivity contribution is 5.95. The SMILES string of the molecule is COc1cccc2c(NCc3ccc(C#N)cc3)cc(C)nc12. The Balaban J connectivity index is 1.91. The predicted octanol–water partition coefficient (Wildman–Crippen LogP) is 4.04. The van der Waals surface area contributed by atoms with Crippen LogP contribution in [0.5, 0.6) is 5.75 Å². The lowest BCUT2D eigenvalue weighted by Gasteiger charge is -2.12. The lowest BCUT2D eigenvalue weighted by atomic mass is 10.1. The summed E-state index contributed by atoms with van der Waals surface area (Å²) in [5, 5.41) is 13.3. The number of aromatic nitrogens is 1. The minimum absolute atomic E-state index is 0.670. The monoisotopic (exact) mass is 303 g/mol. The molecule has 3 aromatic rings. The van der Waals surface area contributed by atoms with E-state index in [-0.39, 0.29) is 0 Å². The van der Waals surface area contributed by atoms with Crippen molar-refractivity contribution < 1.29 is 4.74 Å². The van der Waals surface area contributed by atoms with Gasteiger partial charge in [-0.15, -0.1) is 0 Å². The van der Waals surface area contributed by atoms with Crippen LogP contribution in [0.3, 0.4) is 0 Å². The number of ether oxygens (including phenoxy) is 1. The van der Waals surface area contributed by atoms with Gasteiger partial charge in [0.05, 0.1) is 18.7 Å². The number of nitriles is 1. The topological polar surface area (TPSA) is 57.9 Å². The number of hydrogen-bond acceptors (Lipinski definition) is 4. The van der Waals surface area contributed by atoms with Gasteiger partial charge in [0.1, 0.15) is 11.3 Å². The Hall–Kier alpha value is -3.06. The molecule has 23 heavy (non-hydrogen) atoms. The van der Waals surface area contributed by atoms with Crippen molar-refractivity contribution in [3.05, 3.63) is 65.4 Å². The van der Waals surface area contributed by atoms with Crippen LogP contribution in [-0.2, 0) is 6.54 Å². The van der Waals surface area contributed by atoms with E-state index in [1.54, 1.807) is 7.11 Å². The molecule has 0 aliphatic heterocycles. The van der Waals surface area contributed by atoms with E-state index in [9.17, 15) is 0 Å². The molecule has 0 saturated carbocycles. The summed E-state index contributed by atoms with van der Waals surface area (Å²) in [6.07, 6.45) is 0. The van der Waals surface area contributed by atoms with Crippen molar-refractivity contribution in [3.8, 4) is 11.8 Å². The Bertz CT molecular complexity index is 879. The quantitative estimate of drug-likeness (QED) is 0.790. The van der Waals surface area contributed by atoms with Gasteiger partial charge in [0, 0.05) is 23.3 Å². The maximum Gasteiger partial charge on any atom is 0.145 e. The van der Waals surface area contributed by atoms with E-state index in [0.29, 0.717) is 12.1 Å². The zero-order chi connectivity index (χ0) is 16.2. The van der Waals surface area contributed by atoms with Crippen LogP contribution in [0.4, 0.5) is 5.69 Å². The minimum Gasteiger partial charge on any atom is -0.494 e. The summed E-state index contributed by atoms with van der Waals surface area (Å²) >= 11 is 0. The number of methoxy groups -OCH3 is 1. The Morgan fingerprint density at radius 2 is 1.96 bits per heavy atom. The molecule has 0 unspecified atom stereocenters. The Kier molecular flexibility index (Phi) is 4.11. The highest BCUT2D eigenvalue weighted by Crippen LogP contribution is 2.30. The molecule has 1 aromatic heterocycles. The van der Waals surface area contributed by atoms with Crippen LogP contribution in [0, 0.1) is 18.3 Å². The molecule has 1 heterocycles. The van der Waals surface area contributed by atoms with E-state index >= 15 is 0 Å². The first kappa shape index (κ1) is 14.9. The second-order valence-electron chi connectivity index (χ2n) is 5.33. The smallest absolute Gasteiger partial charge is 0.145 e. The van der Waals surface area contributed by atoms with Crippen LogP contribution in [0.15, 0.2) is 48.5 Å². The molecule has 4 nitrogen and oxygen atoms in total. The number of para-hydroxylation sites is 1. The first-order valence-corrected chi connectivity index (χ1v) is 7.38. The van der Waals surface area contributed by atoms with Gasteiger partial charge in [-0.2, -0.15) is 5.26 Å². The Morgan fingerprint density at radius 1 is 1.17 bits per heavy atom. The van der Waals surface area contributed by atoms with Gasteiger partial charge in [0.25, 0.3) is 0 Å². The van der Waals surface area contributed by atoms with Gasteiger partial charge >= 0.3 is 0 Å². The Morgan fingerprint density at radius 3 is 2.65 bits per heavy atom. The fourth-order valence-electron chi connectivity index (χ4n) is 2.56. The van der Waals surface area contributed by atoms with Gasteiger partial charge in [-0.3, -0.25) is 0 Å². The van der Waals surface area contributed by atoms with Crippen molar-refractivity contribution in [2.24, 2.45) is 0 Å². The van der Waals surface area contributed by atoms with Gasteiger partial charge in [-0.05, 0) is 36.8 Å². The normalized spacial score (nSPS) is 10.3. The fraction of sp³-hybridized carbons (Fsp3) is 0.158. The van der Waals surface area contributed by atoms with Crippen LogP contribution >= 0.6 is 0 Å². The van der Waals surface area contributed by atoms with E-state index in [4.69, 9.17) is 10.00 Å². The first-order chi connectivity index (χ1) is 11.2. The number of pyridine rings is 1. The summed E-state index contributed by atoms with van der Waals surface area (Å²) in [5.41, 5.74) is 4.61. The number of anilines is 1. The molecule has 2 aromatic carbocycles. The van der Waals surface area contributed by atoms with Gasteiger partial charge in [-0.25, -0.2) is 4.98 Å². The lowest BCUT2D eigenvalue weighted by molar-refractivity contribution is 0.419. The number of nitrogens with zero attached hydrogens (tertiary/aromatic N) is 2. The van der Waals surface area contributed by atoms with Gasteiger partial charge in [0.2, 0.25) is 0 Å². The molecule has 0 aliphatic rings. The molecule has 4 heteroatoms. The van der Waals surface area contributed by atoms with Crippen LogP contribution in [0.1, 0.15) is 16.8 Å². The largest absolute Gasteiger partial charge is 0.494 e. The third-order valence-corrected chi connectivity index (χ3v) is 3.72. The van der Waals surface area contributed by atoms with Crippen molar-refractivity contribution in [2.75, 3.05) is 12.4 Å². The zero-order valence-corrected chi connectivity index (χ0v) is 13.1. The molecule has 3 rings (SSSR count). The van der Waals surface area contributed by atoms with E-state index in [0.717, 1.165) is 33.6 Å². The molecule has 0 fully saturated rings. The van der Waals surface area contributed by atoms with Crippen LogP contribution < -0.4 is 10.1 Å². The van der Waals surface area contributed by atoms with E-state index in [1.165, 1.54) is 0 Å². The molecule has 1 N–H and O–H groups in total. The standard InChI is InChI=1S/C19H17N3O/c1-13-10-17(16-4-3-5-18(23-2)19(16)22-13)21-12-15-8-6-14(11-20)7-9-15/h3-10H,12H2,1-2H3,(H,21,22). The number of benzene rings is 2.